The number of amides is 3. The predicted molar refractivity (Wildman–Crippen MR) is 117 cm³/mol. The zero-order valence-electron chi connectivity index (χ0n) is 18.4. The highest BCUT2D eigenvalue weighted by Crippen LogP contribution is 2.13. The zero-order chi connectivity index (χ0) is 22.8. The Kier molecular flexibility index (Phi) is 9.30. The summed E-state index contributed by atoms with van der Waals surface area (Å²) in [5, 5.41) is 8.60. The molecular formula is C22H32N4O5. The first kappa shape index (κ1) is 24.2. The van der Waals surface area contributed by atoms with Gasteiger partial charge >= 0.3 is 5.97 Å². The fourth-order valence-electron chi connectivity index (χ4n) is 3.08. The Balaban J connectivity index is 1.93. The normalized spacial score (nSPS) is 16.8. The van der Waals surface area contributed by atoms with Gasteiger partial charge in [0.1, 0.15) is 6.04 Å². The van der Waals surface area contributed by atoms with Crippen LogP contribution in [-0.4, -0.2) is 66.9 Å². The maximum atomic E-state index is 12.7. The van der Waals surface area contributed by atoms with Crippen molar-refractivity contribution in [2.75, 3.05) is 31.6 Å². The fourth-order valence-corrected chi connectivity index (χ4v) is 3.08. The molecule has 0 saturated carbocycles. The topological polar surface area (TPSA) is 117 Å². The lowest BCUT2D eigenvalue weighted by atomic mass is 10.1. The summed E-state index contributed by atoms with van der Waals surface area (Å²) in [5.41, 5.74) is 1.21. The molecule has 2 unspecified atom stereocenters. The summed E-state index contributed by atoms with van der Waals surface area (Å²) in [5.74, 6) is -1.29. The molecule has 0 aromatic heterocycles. The van der Waals surface area contributed by atoms with Gasteiger partial charge in [0.05, 0.1) is 19.6 Å². The first-order chi connectivity index (χ1) is 14.8. The van der Waals surface area contributed by atoms with E-state index in [9.17, 15) is 19.2 Å². The largest absolute Gasteiger partial charge is 0.466 e. The zero-order valence-corrected chi connectivity index (χ0v) is 18.4. The maximum Gasteiger partial charge on any atom is 0.308 e. The van der Waals surface area contributed by atoms with Crippen LogP contribution >= 0.6 is 0 Å². The van der Waals surface area contributed by atoms with Gasteiger partial charge in [0, 0.05) is 30.4 Å². The van der Waals surface area contributed by atoms with Crippen LogP contribution in [0.4, 0.5) is 5.69 Å². The lowest BCUT2D eigenvalue weighted by molar-refractivity contribution is -0.151. The molecule has 2 atom stereocenters. The quantitative estimate of drug-likeness (QED) is 0.480. The molecule has 1 aliphatic heterocycles. The molecule has 2 rings (SSSR count). The van der Waals surface area contributed by atoms with Crippen LogP contribution in [0.1, 0.15) is 50.4 Å². The number of rotatable bonds is 10. The predicted octanol–water partition coefficient (Wildman–Crippen LogP) is 1.30. The molecule has 31 heavy (non-hydrogen) atoms. The molecular weight excluding hydrogens is 400 g/mol. The van der Waals surface area contributed by atoms with Crippen LogP contribution < -0.4 is 16.0 Å². The molecule has 9 heteroatoms. The van der Waals surface area contributed by atoms with E-state index in [1.165, 1.54) is 4.90 Å². The molecule has 1 fully saturated rings. The molecule has 1 saturated heterocycles. The molecule has 0 aliphatic carbocycles. The van der Waals surface area contributed by atoms with Gasteiger partial charge in [0.15, 0.2) is 0 Å². The summed E-state index contributed by atoms with van der Waals surface area (Å²) in [7, 11) is 0. The minimum Gasteiger partial charge on any atom is -0.466 e. The molecule has 1 aromatic rings. The second-order valence-electron chi connectivity index (χ2n) is 7.53. The molecule has 1 aromatic carbocycles. The van der Waals surface area contributed by atoms with Gasteiger partial charge in [-0.1, -0.05) is 13.8 Å². The number of piperazine rings is 1. The van der Waals surface area contributed by atoms with Gasteiger partial charge in [-0.25, -0.2) is 0 Å². The molecule has 1 heterocycles. The van der Waals surface area contributed by atoms with Gasteiger partial charge in [-0.15, -0.1) is 0 Å². The van der Waals surface area contributed by atoms with Crippen LogP contribution in [-0.2, 0) is 19.1 Å². The molecule has 3 amide bonds. The number of esters is 1. The van der Waals surface area contributed by atoms with Crippen LogP contribution in [0.2, 0.25) is 0 Å². The molecule has 0 spiro atoms. The van der Waals surface area contributed by atoms with Crippen molar-refractivity contribution in [3.63, 3.8) is 0 Å². The number of nitrogens with one attached hydrogen (secondary N) is 3. The highest BCUT2D eigenvalue weighted by molar-refractivity contribution is 5.95. The number of carbonyl (C=O) groups is 4. The van der Waals surface area contributed by atoms with Crippen molar-refractivity contribution < 1.29 is 23.9 Å². The number of anilines is 1. The molecule has 3 N–H and O–H groups in total. The van der Waals surface area contributed by atoms with Crippen molar-refractivity contribution in [3.05, 3.63) is 29.8 Å². The lowest BCUT2D eigenvalue weighted by Crippen LogP contribution is -2.58. The Hall–Kier alpha value is -3.10. The van der Waals surface area contributed by atoms with Crippen molar-refractivity contribution in [1.29, 1.82) is 0 Å². The van der Waals surface area contributed by atoms with Crippen molar-refractivity contribution in [2.24, 2.45) is 0 Å². The van der Waals surface area contributed by atoms with E-state index in [4.69, 9.17) is 4.74 Å². The van der Waals surface area contributed by atoms with Crippen LogP contribution in [0, 0.1) is 0 Å². The van der Waals surface area contributed by atoms with E-state index in [1.807, 2.05) is 20.8 Å². The molecule has 9 nitrogen and oxygen atoms in total. The molecule has 1 aliphatic rings. The van der Waals surface area contributed by atoms with Crippen molar-refractivity contribution >= 4 is 29.4 Å². The summed E-state index contributed by atoms with van der Waals surface area (Å²) >= 11 is 0. The smallest absolute Gasteiger partial charge is 0.308 e. The Morgan fingerprint density at radius 2 is 1.94 bits per heavy atom. The fraction of sp³-hybridized carbons (Fsp3) is 0.545. The summed E-state index contributed by atoms with van der Waals surface area (Å²) in [6.45, 7) is 6.74. The summed E-state index contributed by atoms with van der Waals surface area (Å²) in [4.78, 5) is 50.4. The lowest BCUT2D eigenvalue weighted by Gasteiger charge is -2.34. The average molecular weight is 433 g/mol. The number of benzene rings is 1. The van der Waals surface area contributed by atoms with Crippen LogP contribution in [0.5, 0.6) is 0 Å². The van der Waals surface area contributed by atoms with Crippen LogP contribution in [0.15, 0.2) is 24.3 Å². The first-order valence-corrected chi connectivity index (χ1v) is 10.7. The Labute approximate surface area is 182 Å². The Morgan fingerprint density at radius 1 is 1.23 bits per heavy atom. The number of carbonyl (C=O) groups excluding carboxylic acids is 4. The summed E-state index contributed by atoms with van der Waals surface area (Å²) in [6, 6.07) is 6.04. The van der Waals surface area contributed by atoms with Gasteiger partial charge < -0.3 is 25.6 Å². The third kappa shape index (κ3) is 7.27. The number of hydrogen-bond donors (Lipinski definition) is 3. The van der Waals surface area contributed by atoms with Gasteiger partial charge in [-0.05, 0) is 44.0 Å². The van der Waals surface area contributed by atoms with Gasteiger partial charge in [0.2, 0.25) is 11.8 Å². The Bertz CT molecular complexity index is 781. The number of hydrogen-bond acceptors (Lipinski definition) is 6. The van der Waals surface area contributed by atoms with Crippen LogP contribution in [0.3, 0.4) is 0 Å². The standard InChI is InChI=1S/C22H32N4O5/c1-4-12-31-20(28)13-18-22(30)23-10-11-26(18)19(27)14-24-17-8-6-16(7-9-17)21(29)25-15(3)5-2/h6-9,15,18,24H,4-5,10-14H2,1-3H3,(H,23,30)(H,25,29). The van der Waals surface area contributed by atoms with Crippen molar-refractivity contribution in [1.82, 2.24) is 15.5 Å². The monoisotopic (exact) mass is 432 g/mol. The summed E-state index contributed by atoms with van der Waals surface area (Å²) in [6.07, 6.45) is 1.37. The third-order valence-corrected chi connectivity index (χ3v) is 5.06. The molecule has 0 bridgehead atoms. The summed E-state index contributed by atoms with van der Waals surface area (Å²) < 4.78 is 5.06. The SMILES string of the molecule is CCCOC(=O)CC1C(=O)NCCN1C(=O)CNc1ccc(C(=O)NC(C)CC)cc1. The highest BCUT2D eigenvalue weighted by atomic mass is 16.5. The molecule has 0 radical (unpaired) electrons. The highest BCUT2D eigenvalue weighted by Gasteiger charge is 2.34. The van der Waals surface area contributed by atoms with Crippen LogP contribution in [0.25, 0.3) is 0 Å². The van der Waals surface area contributed by atoms with E-state index in [1.54, 1.807) is 24.3 Å². The van der Waals surface area contributed by atoms with Gasteiger partial charge in [-0.2, -0.15) is 0 Å². The third-order valence-electron chi connectivity index (χ3n) is 5.06. The number of ether oxygens (including phenoxy) is 1. The second-order valence-corrected chi connectivity index (χ2v) is 7.53. The number of nitrogens with zero attached hydrogens (tertiary/aromatic N) is 1. The Morgan fingerprint density at radius 3 is 2.58 bits per heavy atom. The van der Waals surface area contributed by atoms with E-state index in [0.29, 0.717) is 30.8 Å². The van der Waals surface area contributed by atoms with E-state index >= 15 is 0 Å². The van der Waals surface area contributed by atoms with Crippen molar-refractivity contribution in [2.45, 2.75) is 52.1 Å². The maximum absolute atomic E-state index is 12.7. The van der Waals surface area contributed by atoms with E-state index in [-0.39, 0.29) is 43.3 Å². The molecule has 170 valence electrons. The van der Waals surface area contributed by atoms with Gasteiger partial charge in [0.25, 0.3) is 5.91 Å². The van der Waals surface area contributed by atoms with Gasteiger partial charge in [-0.3, -0.25) is 19.2 Å². The van der Waals surface area contributed by atoms with E-state index in [2.05, 4.69) is 16.0 Å². The van der Waals surface area contributed by atoms with E-state index in [0.717, 1.165) is 6.42 Å². The average Bonchev–Trinajstić information content (AvgIpc) is 2.77. The van der Waals surface area contributed by atoms with E-state index < -0.39 is 12.0 Å². The second kappa shape index (κ2) is 11.9. The van der Waals surface area contributed by atoms with Crippen molar-refractivity contribution in [3.8, 4) is 0 Å². The first-order valence-electron chi connectivity index (χ1n) is 10.7. The minimum absolute atomic E-state index is 0.0355. The minimum atomic E-state index is -0.876.